The van der Waals surface area contributed by atoms with Crippen LogP contribution in [0.15, 0.2) is 0 Å². The lowest BCUT2D eigenvalue weighted by Gasteiger charge is -2.05. The van der Waals surface area contributed by atoms with Crippen molar-refractivity contribution < 1.29 is 0 Å². The predicted molar refractivity (Wildman–Crippen MR) is 46.6 cm³/mol. The maximum absolute atomic E-state index is 5.49. The normalized spacial score (nSPS) is 11.7. The molecule has 0 aliphatic rings. The Kier molecular flexibility index (Phi) is 14.1. The van der Waals surface area contributed by atoms with Crippen molar-refractivity contribution in [2.45, 2.75) is 48.1 Å². The lowest BCUT2D eigenvalue weighted by Crippen LogP contribution is -2.16. The average molecular weight is 133 g/mol. The van der Waals surface area contributed by atoms with Gasteiger partial charge >= 0.3 is 0 Å². The lowest BCUT2D eigenvalue weighted by atomic mass is 10.1. The van der Waals surface area contributed by atoms with Gasteiger partial charge in [0.25, 0.3) is 0 Å². The molecule has 0 amide bonds. The average Bonchev–Trinajstić information content (AvgIpc) is 1.27. The van der Waals surface area contributed by atoms with Gasteiger partial charge in [-0.1, -0.05) is 28.7 Å². The summed E-state index contributed by atoms with van der Waals surface area (Å²) in [6, 6.07) is 0.375. The number of hydrogen-bond donors (Lipinski definition) is 1. The Balaban J connectivity index is -0.000000180. The molecule has 1 heteroatoms. The summed E-state index contributed by atoms with van der Waals surface area (Å²) < 4.78 is 0. The fourth-order valence-electron chi connectivity index (χ4n) is 0.744. The van der Waals surface area contributed by atoms with Gasteiger partial charge in [0.15, 0.2) is 0 Å². The van der Waals surface area contributed by atoms with Crippen molar-refractivity contribution in [1.29, 1.82) is 0 Å². The van der Waals surface area contributed by atoms with Gasteiger partial charge in [0, 0.05) is 6.04 Å². The van der Waals surface area contributed by atoms with E-state index in [4.69, 9.17) is 5.73 Å². The van der Waals surface area contributed by atoms with Crippen LogP contribution in [0.25, 0.3) is 0 Å². The Morgan fingerprint density at radius 1 is 1.11 bits per heavy atom. The molecule has 60 valence electrons. The Bertz CT molecular complexity index is 33.8. The highest BCUT2D eigenvalue weighted by atomic mass is 14.6. The number of nitrogens with two attached hydrogens (primary N) is 1. The highest BCUT2D eigenvalue weighted by molar-refractivity contribution is 4.54. The highest BCUT2D eigenvalue weighted by Gasteiger charge is 1.95. The van der Waals surface area contributed by atoms with Crippen LogP contribution in [0.5, 0.6) is 0 Å². The third-order valence-corrected chi connectivity index (χ3v) is 0.843. The molecule has 1 unspecified atom stereocenters. The molecule has 0 fully saturated rings. The van der Waals surface area contributed by atoms with E-state index >= 15 is 0 Å². The van der Waals surface area contributed by atoms with Gasteiger partial charge in [-0.25, -0.2) is 0 Å². The second-order valence-electron chi connectivity index (χ2n) is 2.61. The molecule has 1 nitrogen and oxygen atoms in total. The van der Waals surface area contributed by atoms with Crippen LogP contribution in [0.4, 0.5) is 0 Å². The molecule has 1 atom stereocenters. The van der Waals surface area contributed by atoms with Crippen LogP contribution in [-0.2, 0) is 0 Å². The van der Waals surface area contributed by atoms with Gasteiger partial charge in [0.1, 0.15) is 0 Å². The van der Waals surface area contributed by atoms with E-state index in [1.54, 1.807) is 0 Å². The van der Waals surface area contributed by atoms with Crippen LogP contribution in [0.2, 0.25) is 0 Å². The minimum atomic E-state index is 0. The molecule has 0 aliphatic heterocycles. The summed E-state index contributed by atoms with van der Waals surface area (Å²) in [7, 11) is 0. The monoisotopic (exact) mass is 133 g/mol. The number of rotatable bonds is 2. The lowest BCUT2D eigenvalue weighted by molar-refractivity contribution is 0.520. The highest BCUT2D eigenvalue weighted by Crippen LogP contribution is 2.00. The zero-order valence-corrected chi connectivity index (χ0v) is 5.44. The fourth-order valence-corrected chi connectivity index (χ4v) is 0.744. The molecule has 0 bridgehead atoms. The quantitative estimate of drug-likeness (QED) is 0.615. The van der Waals surface area contributed by atoms with E-state index in [2.05, 4.69) is 13.8 Å². The van der Waals surface area contributed by atoms with Crippen molar-refractivity contribution in [2.24, 2.45) is 11.7 Å². The molecule has 0 spiro atoms. The molecular weight excluding hydrogens is 110 g/mol. The molecule has 0 aromatic carbocycles. The zero-order valence-electron chi connectivity index (χ0n) is 5.44. The van der Waals surface area contributed by atoms with Crippen molar-refractivity contribution in [3.63, 3.8) is 0 Å². The zero-order chi connectivity index (χ0) is 5.86. The molecule has 0 aromatic rings. The first-order valence-electron chi connectivity index (χ1n) is 2.88. The molecule has 0 aromatic heterocycles. The summed E-state index contributed by atoms with van der Waals surface area (Å²) in [5.74, 6) is 0.750. The minimum absolute atomic E-state index is 0. The van der Waals surface area contributed by atoms with E-state index in [0.717, 1.165) is 12.3 Å². The maximum atomic E-state index is 5.49. The van der Waals surface area contributed by atoms with Gasteiger partial charge in [-0.05, 0) is 19.3 Å². The fraction of sp³-hybridized carbons (Fsp3) is 1.00. The minimum Gasteiger partial charge on any atom is -0.328 e. The van der Waals surface area contributed by atoms with Gasteiger partial charge in [-0.2, -0.15) is 0 Å². The molecule has 9 heavy (non-hydrogen) atoms. The van der Waals surface area contributed by atoms with Crippen LogP contribution in [0.1, 0.15) is 42.0 Å². The molecule has 0 heterocycles. The van der Waals surface area contributed by atoms with E-state index in [-0.39, 0.29) is 14.9 Å². The van der Waals surface area contributed by atoms with Gasteiger partial charge in [-0.15, -0.1) is 0 Å². The topological polar surface area (TPSA) is 26.0 Å². The first kappa shape index (κ1) is 16.0. The standard InChI is InChI=1S/C6H15N.2CH4/c1-5(2)4-6(3)7;;/h5-6H,4,7H2,1-3H3;2*1H4. The van der Waals surface area contributed by atoms with Gasteiger partial charge in [-0.3, -0.25) is 0 Å². The van der Waals surface area contributed by atoms with Crippen LogP contribution < -0.4 is 5.73 Å². The smallest absolute Gasteiger partial charge is 0.00129 e. The Morgan fingerprint density at radius 3 is 1.44 bits per heavy atom. The van der Waals surface area contributed by atoms with Crippen molar-refractivity contribution in [3.05, 3.63) is 0 Å². The van der Waals surface area contributed by atoms with Crippen LogP contribution >= 0.6 is 0 Å². The Morgan fingerprint density at radius 2 is 1.44 bits per heavy atom. The Labute approximate surface area is 60.6 Å². The van der Waals surface area contributed by atoms with Gasteiger partial charge < -0.3 is 5.73 Å². The maximum Gasteiger partial charge on any atom is 0.00129 e. The summed E-state index contributed by atoms with van der Waals surface area (Å²) in [4.78, 5) is 0. The summed E-state index contributed by atoms with van der Waals surface area (Å²) in [6.45, 7) is 6.41. The molecule has 0 saturated heterocycles. The van der Waals surface area contributed by atoms with Crippen molar-refractivity contribution in [3.8, 4) is 0 Å². The van der Waals surface area contributed by atoms with E-state index in [1.165, 1.54) is 0 Å². The van der Waals surface area contributed by atoms with E-state index in [0.29, 0.717) is 6.04 Å². The van der Waals surface area contributed by atoms with Crippen LogP contribution in [-0.4, -0.2) is 6.04 Å². The van der Waals surface area contributed by atoms with Gasteiger partial charge in [0.2, 0.25) is 0 Å². The van der Waals surface area contributed by atoms with Crippen molar-refractivity contribution in [2.75, 3.05) is 0 Å². The predicted octanol–water partition coefficient (Wildman–Crippen LogP) is 2.65. The third-order valence-electron chi connectivity index (χ3n) is 0.843. The molecule has 0 rings (SSSR count). The van der Waals surface area contributed by atoms with E-state index in [9.17, 15) is 0 Å². The molecule has 0 radical (unpaired) electrons. The summed E-state index contributed by atoms with van der Waals surface area (Å²) in [5, 5.41) is 0. The molecule has 0 aliphatic carbocycles. The Hall–Kier alpha value is -0.0400. The second kappa shape index (κ2) is 7.96. The first-order chi connectivity index (χ1) is 3.13. The largest absolute Gasteiger partial charge is 0.328 e. The summed E-state index contributed by atoms with van der Waals surface area (Å²) in [6.07, 6.45) is 1.14. The van der Waals surface area contributed by atoms with E-state index < -0.39 is 0 Å². The summed E-state index contributed by atoms with van der Waals surface area (Å²) in [5.41, 5.74) is 5.49. The van der Waals surface area contributed by atoms with Crippen molar-refractivity contribution in [1.82, 2.24) is 0 Å². The summed E-state index contributed by atoms with van der Waals surface area (Å²) >= 11 is 0. The van der Waals surface area contributed by atoms with Crippen molar-refractivity contribution >= 4 is 0 Å². The first-order valence-corrected chi connectivity index (χ1v) is 2.88. The molecule has 2 N–H and O–H groups in total. The second-order valence-corrected chi connectivity index (χ2v) is 2.61. The molecule has 0 saturated carbocycles. The van der Waals surface area contributed by atoms with Crippen LogP contribution in [0, 0.1) is 5.92 Å². The number of hydrogen-bond acceptors (Lipinski definition) is 1. The van der Waals surface area contributed by atoms with Gasteiger partial charge in [0.05, 0.1) is 0 Å². The third kappa shape index (κ3) is 18.0. The van der Waals surface area contributed by atoms with Crippen LogP contribution in [0.3, 0.4) is 0 Å². The SMILES string of the molecule is C.C.CC(C)CC(C)N. The van der Waals surface area contributed by atoms with E-state index in [1.807, 2.05) is 6.92 Å². The molecular formula is C8H23N.